The zero-order chi connectivity index (χ0) is 17.5. The molecule has 1 aromatic heterocycles. The summed E-state index contributed by atoms with van der Waals surface area (Å²) in [5.74, 6) is 0.614. The minimum Gasteiger partial charge on any atom is -0.362 e. The van der Waals surface area contributed by atoms with Crippen LogP contribution in [-0.2, 0) is 17.9 Å². The van der Waals surface area contributed by atoms with Crippen LogP contribution in [0.2, 0.25) is 0 Å². The predicted molar refractivity (Wildman–Crippen MR) is 93.7 cm³/mol. The minimum absolute atomic E-state index is 0.0787. The first-order valence-electron chi connectivity index (χ1n) is 7.70. The molecule has 6 heteroatoms. The van der Waals surface area contributed by atoms with E-state index in [0.717, 1.165) is 16.9 Å². The summed E-state index contributed by atoms with van der Waals surface area (Å²) in [6.45, 7) is 2.34. The summed E-state index contributed by atoms with van der Waals surface area (Å²) >= 11 is 0. The zero-order valence-electron chi connectivity index (χ0n) is 14.2. The molecule has 1 aromatic carbocycles. The molecule has 0 saturated heterocycles. The average molecular weight is 326 g/mol. The van der Waals surface area contributed by atoms with Crippen molar-refractivity contribution in [2.75, 3.05) is 19.0 Å². The molecule has 24 heavy (non-hydrogen) atoms. The summed E-state index contributed by atoms with van der Waals surface area (Å²) in [5, 5.41) is 5.63. The maximum Gasteiger partial charge on any atom is 0.251 e. The van der Waals surface area contributed by atoms with E-state index < -0.39 is 0 Å². The van der Waals surface area contributed by atoms with Crippen LogP contribution >= 0.6 is 0 Å². The summed E-state index contributed by atoms with van der Waals surface area (Å²) in [7, 11) is 3.84. The lowest BCUT2D eigenvalue weighted by molar-refractivity contribution is -0.119. The van der Waals surface area contributed by atoms with Crippen LogP contribution in [0.3, 0.4) is 0 Å². The van der Waals surface area contributed by atoms with Crippen LogP contribution in [0.25, 0.3) is 0 Å². The van der Waals surface area contributed by atoms with E-state index >= 15 is 0 Å². The molecule has 0 atom stereocenters. The highest BCUT2D eigenvalue weighted by atomic mass is 16.2. The summed E-state index contributed by atoms with van der Waals surface area (Å²) < 4.78 is 0. The molecule has 6 nitrogen and oxygen atoms in total. The van der Waals surface area contributed by atoms with Crippen molar-refractivity contribution in [3.05, 3.63) is 59.3 Å². The highest BCUT2D eigenvalue weighted by Crippen LogP contribution is 2.14. The van der Waals surface area contributed by atoms with Gasteiger partial charge in [-0.15, -0.1) is 0 Å². The molecule has 0 aliphatic rings. The Morgan fingerprint density at radius 2 is 1.75 bits per heavy atom. The Morgan fingerprint density at radius 1 is 1.04 bits per heavy atom. The lowest BCUT2D eigenvalue weighted by Crippen LogP contribution is -2.24. The van der Waals surface area contributed by atoms with Gasteiger partial charge in [0.15, 0.2) is 0 Å². The minimum atomic E-state index is -0.144. The topological polar surface area (TPSA) is 74.3 Å². The first-order valence-corrected chi connectivity index (χ1v) is 7.70. The van der Waals surface area contributed by atoms with Gasteiger partial charge < -0.3 is 15.5 Å². The van der Waals surface area contributed by atoms with Crippen molar-refractivity contribution < 1.29 is 9.59 Å². The summed E-state index contributed by atoms with van der Waals surface area (Å²) in [6.07, 6.45) is 1.73. The molecule has 0 radical (unpaired) electrons. The van der Waals surface area contributed by atoms with E-state index in [0.29, 0.717) is 18.7 Å². The molecule has 2 amide bonds. The molecule has 126 valence electrons. The van der Waals surface area contributed by atoms with E-state index in [2.05, 4.69) is 15.6 Å². The number of hydrogen-bond donors (Lipinski definition) is 2. The highest BCUT2D eigenvalue weighted by molar-refractivity contribution is 5.94. The summed E-state index contributed by atoms with van der Waals surface area (Å²) in [6, 6.07) is 11.0. The number of hydrogen-bond acceptors (Lipinski definition) is 4. The first-order chi connectivity index (χ1) is 11.5. The van der Waals surface area contributed by atoms with Crippen molar-refractivity contribution in [3.8, 4) is 0 Å². The van der Waals surface area contributed by atoms with Gasteiger partial charge in [0.1, 0.15) is 5.82 Å². The van der Waals surface area contributed by atoms with Crippen LogP contribution in [0.4, 0.5) is 5.82 Å². The molecule has 0 aliphatic heterocycles. The summed E-state index contributed by atoms with van der Waals surface area (Å²) in [5.41, 5.74) is 2.49. The molecule has 0 bridgehead atoms. The van der Waals surface area contributed by atoms with Crippen molar-refractivity contribution in [2.45, 2.75) is 20.0 Å². The maximum atomic E-state index is 12.3. The maximum absolute atomic E-state index is 12.3. The zero-order valence-corrected chi connectivity index (χ0v) is 14.2. The lowest BCUT2D eigenvalue weighted by atomic mass is 10.1. The molecule has 0 spiro atoms. The van der Waals surface area contributed by atoms with Gasteiger partial charge in [-0.3, -0.25) is 9.59 Å². The van der Waals surface area contributed by atoms with E-state index in [1.54, 1.807) is 18.3 Å². The first kappa shape index (κ1) is 17.5. The van der Waals surface area contributed by atoms with Crippen LogP contribution in [0.1, 0.15) is 28.4 Å². The Kier molecular flexibility index (Phi) is 5.89. The second kappa shape index (κ2) is 8.10. The normalized spacial score (nSPS) is 10.1. The fraction of sp³-hybridized carbons (Fsp3) is 0.278. The molecular formula is C18H22N4O2. The van der Waals surface area contributed by atoms with Crippen LogP contribution in [0.5, 0.6) is 0 Å². The van der Waals surface area contributed by atoms with Crippen LogP contribution < -0.4 is 15.5 Å². The lowest BCUT2D eigenvalue weighted by Gasteiger charge is -2.16. The number of aromatic nitrogens is 1. The quantitative estimate of drug-likeness (QED) is 0.847. The molecule has 0 fully saturated rings. The number of carbonyl (C=O) groups excluding carboxylic acids is 2. The standard InChI is InChI=1S/C18H22N4O2/c1-13(23)20-11-14-6-8-15(9-7-14)18(24)21-12-16-5-4-10-19-17(16)22(2)3/h4-10H,11-12H2,1-3H3,(H,20,23)(H,21,24). The number of rotatable bonds is 6. The van der Waals surface area contributed by atoms with Crippen LogP contribution in [0, 0.1) is 0 Å². The van der Waals surface area contributed by atoms with E-state index in [-0.39, 0.29) is 11.8 Å². The highest BCUT2D eigenvalue weighted by Gasteiger charge is 2.09. The number of amides is 2. The number of pyridine rings is 1. The van der Waals surface area contributed by atoms with Gasteiger partial charge in [-0.2, -0.15) is 0 Å². The second-order valence-corrected chi connectivity index (χ2v) is 5.67. The van der Waals surface area contributed by atoms with Gasteiger partial charge in [0.05, 0.1) is 0 Å². The van der Waals surface area contributed by atoms with Gasteiger partial charge in [0, 0.05) is 51.4 Å². The smallest absolute Gasteiger partial charge is 0.251 e. The van der Waals surface area contributed by atoms with Gasteiger partial charge in [-0.25, -0.2) is 4.98 Å². The largest absolute Gasteiger partial charge is 0.362 e. The van der Waals surface area contributed by atoms with Gasteiger partial charge in [0.25, 0.3) is 5.91 Å². The molecule has 0 unspecified atom stereocenters. The monoisotopic (exact) mass is 326 g/mol. The van der Waals surface area contributed by atoms with E-state index in [9.17, 15) is 9.59 Å². The third-order valence-electron chi connectivity index (χ3n) is 3.49. The number of nitrogens with zero attached hydrogens (tertiary/aromatic N) is 2. The molecular weight excluding hydrogens is 304 g/mol. The SMILES string of the molecule is CC(=O)NCc1ccc(C(=O)NCc2cccnc2N(C)C)cc1. The number of anilines is 1. The average Bonchev–Trinajstić information content (AvgIpc) is 2.58. The van der Waals surface area contributed by atoms with Crippen molar-refractivity contribution in [2.24, 2.45) is 0 Å². The fourth-order valence-electron chi connectivity index (χ4n) is 2.25. The molecule has 2 aromatic rings. The fourth-order valence-corrected chi connectivity index (χ4v) is 2.25. The Labute approximate surface area is 141 Å². The Morgan fingerprint density at radius 3 is 2.38 bits per heavy atom. The van der Waals surface area contributed by atoms with E-state index in [4.69, 9.17) is 0 Å². The van der Waals surface area contributed by atoms with Gasteiger partial charge in [0.2, 0.25) is 5.91 Å². The Balaban J connectivity index is 1.97. The van der Waals surface area contributed by atoms with Crippen molar-refractivity contribution in [3.63, 3.8) is 0 Å². The number of nitrogens with one attached hydrogen (secondary N) is 2. The van der Waals surface area contributed by atoms with Crippen molar-refractivity contribution >= 4 is 17.6 Å². The number of carbonyl (C=O) groups is 2. The Hall–Kier alpha value is -2.89. The van der Waals surface area contributed by atoms with Crippen LogP contribution in [-0.4, -0.2) is 30.9 Å². The molecule has 1 heterocycles. The van der Waals surface area contributed by atoms with Gasteiger partial charge in [-0.1, -0.05) is 18.2 Å². The molecule has 0 aliphatic carbocycles. The van der Waals surface area contributed by atoms with E-state index in [1.807, 2.05) is 43.3 Å². The van der Waals surface area contributed by atoms with Crippen molar-refractivity contribution in [1.29, 1.82) is 0 Å². The van der Waals surface area contributed by atoms with Crippen molar-refractivity contribution in [1.82, 2.24) is 15.6 Å². The predicted octanol–water partition coefficient (Wildman–Crippen LogP) is 1.71. The second-order valence-electron chi connectivity index (χ2n) is 5.67. The van der Waals surface area contributed by atoms with Gasteiger partial charge >= 0.3 is 0 Å². The molecule has 0 saturated carbocycles. The third-order valence-corrected chi connectivity index (χ3v) is 3.49. The molecule has 2 rings (SSSR count). The summed E-state index contributed by atoms with van der Waals surface area (Å²) in [4.78, 5) is 29.4. The Bertz CT molecular complexity index is 711. The number of benzene rings is 1. The third kappa shape index (κ3) is 4.81. The van der Waals surface area contributed by atoms with E-state index in [1.165, 1.54) is 6.92 Å². The molecule has 2 N–H and O–H groups in total. The van der Waals surface area contributed by atoms with Crippen LogP contribution in [0.15, 0.2) is 42.6 Å². The van der Waals surface area contributed by atoms with Gasteiger partial charge in [-0.05, 0) is 23.8 Å².